The molecule has 14 heavy (non-hydrogen) atoms. The van der Waals surface area contributed by atoms with Gasteiger partial charge in [0.05, 0.1) is 10.8 Å². The second kappa shape index (κ2) is 5.21. The molecule has 0 saturated heterocycles. The number of anilines is 1. The van der Waals surface area contributed by atoms with Gasteiger partial charge in [0.25, 0.3) is 0 Å². The summed E-state index contributed by atoms with van der Waals surface area (Å²) in [6.07, 6.45) is 0. The molecule has 0 spiro atoms. The van der Waals surface area contributed by atoms with Crippen molar-refractivity contribution in [2.24, 2.45) is 0 Å². The van der Waals surface area contributed by atoms with Crippen molar-refractivity contribution in [1.82, 2.24) is 4.37 Å². The van der Waals surface area contributed by atoms with Crippen LogP contribution in [0.1, 0.15) is 24.2 Å². The molecule has 6 heteroatoms. The molecule has 1 aromatic rings. The van der Waals surface area contributed by atoms with E-state index in [1.165, 1.54) is 11.5 Å². The zero-order valence-electron chi connectivity index (χ0n) is 8.07. The molecule has 0 aliphatic rings. The SMILES string of the molecule is CCOC(=O)c1c(N)nsc1SCC. The minimum Gasteiger partial charge on any atom is -0.462 e. The number of carbonyl (C=O) groups excluding carboxylic acids is 1. The lowest BCUT2D eigenvalue weighted by Gasteiger charge is -2.01. The fourth-order valence-electron chi connectivity index (χ4n) is 0.907. The summed E-state index contributed by atoms with van der Waals surface area (Å²) in [5.41, 5.74) is 6.01. The molecule has 1 rings (SSSR count). The standard InChI is InChI=1S/C8H12N2O2S2/c1-3-12-7(11)5-6(9)10-14-8(5)13-4-2/h3-4H2,1-2H3,(H2,9,10). The largest absolute Gasteiger partial charge is 0.462 e. The Kier molecular flexibility index (Phi) is 4.21. The maximum Gasteiger partial charge on any atom is 0.343 e. The third kappa shape index (κ3) is 2.39. The van der Waals surface area contributed by atoms with Crippen molar-refractivity contribution in [2.45, 2.75) is 18.1 Å². The number of hydrogen-bond acceptors (Lipinski definition) is 6. The van der Waals surface area contributed by atoms with Gasteiger partial charge in [-0.3, -0.25) is 0 Å². The van der Waals surface area contributed by atoms with Crippen LogP contribution in [-0.2, 0) is 4.74 Å². The highest BCUT2D eigenvalue weighted by Crippen LogP contribution is 2.31. The van der Waals surface area contributed by atoms with Crippen molar-refractivity contribution in [3.8, 4) is 0 Å². The van der Waals surface area contributed by atoms with E-state index in [-0.39, 0.29) is 11.8 Å². The Labute approximate surface area is 91.0 Å². The van der Waals surface area contributed by atoms with Crippen molar-refractivity contribution in [3.63, 3.8) is 0 Å². The maximum atomic E-state index is 11.5. The minimum atomic E-state index is -0.380. The number of nitrogens with zero attached hydrogens (tertiary/aromatic N) is 1. The zero-order valence-corrected chi connectivity index (χ0v) is 9.70. The van der Waals surface area contributed by atoms with Crippen molar-refractivity contribution in [1.29, 1.82) is 0 Å². The van der Waals surface area contributed by atoms with Gasteiger partial charge in [0, 0.05) is 0 Å². The summed E-state index contributed by atoms with van der Waals surface area (Å²) in [5.74, 6) is 0.771. The number of thioether (sulfide) groups is 1. The Hall–Kier alpha value is -0.750. The van der Waals surface area contributed by atoms with Crippen LogP contribution in [0.15, 0.2) is 4.21 Å². The lowest BCUT2D eigenvalue weighted by Crippen LogP contribution is -2.07. The molecule has 0 unspecified atom stereocenters. The topological polar surface area (TPSA) is 65.2 Å². The van der Waals surface area contributed by atoms with E-state index in [0.717, 1.165) is 9.96 Å². The molecular weight excluding hydrogens is 220 g/mol. The number of aromatic nitrogens is 1. The summed E-state index contributed by atoms with van der Waals surface area (Å²) in [7, 11) is 0. The fourth-order valence-corrected chi connectivity index (χ4v) is 2.73. The molecule has 78 valence electrons. The molecule has 1 aromatic heterocycles. The Bertz CT molecular complexity index is 325. The summed E-state index contributed by atoms with van der Waals surface area (Å²) < 4.78 is 9.66. The first-order chi connectivity index (χ1) is 6.70. The predicted molar refractivity (Wildman–Crippen MR) is 58.9 cm³/mol. The summed E-state index contributed by atoms with van der Waals surface area (Å²) in [5, 5.41) is 0. The molecule has 1 heterocycles. The van der Waals surface area contributed by atoms with Crippen LogP contribution in [0, 0.1) is 0 Å². The molecule has 4 nitrogen and oxygen atoms in total. The van der Waals surface area contributed by atoms with E-state index in [0.29, 0.717) is 12.2 Å². The lowest BCUT2D eigenvalue weighted by molar-refractivity contribution is 0.0524. The van der Waals surface area contributed by atoms with Crippen molar-refractivity contribution < 1.29 is 9.53 Å². The maximum absolute atomic E-state index is 11.5. The van der Waals surface area contributed by atoms with Gasteiger partial charge in [-0.15, -0.1) is 11.8 Å². The number of ether oxygens (including phenoxy) is 1. The highest BCUT2D eigenvalue weighted by Gasteiger charge is 2.19. The molecular formula is C8H12N2O2S2. The second-order valence-corrected chi connectivity index (χ2v) is 4.69. The Morgan fingerprint density at radius 3 is 2.93 bits per heavy atom. The molecule has 0 amide bonds. The van der Waals surface area contributed by atoms with Crippen LogP contribution in [-0.4, -0.2) is 22.7 Å². The van der Waals surface area contributed by atoms with Crippen LogP contribution in [0.4, 0.5) is 5.82 Å². The molecule has 0 atom stereocenters. The van der Waals surface area contributed by atoms with E-state index in [2.05, 4.69) is 4.37 Å². The van der Waals surface area contributed by atoms with Crippen LogP contribution in [0.2, 0.25) is 0 Å². The molecule has 2 N–H and O–H groups in total. The van der Waals surface area contributed by atoms with Gasteiger partial charge in [-0.1, -0.05) is 6.92 Å². The van der Waals surface area contributed by atoms with Crippen molar-refractivity contribution in [3.05, 3.63) is 5.56 Å². The van der Waals surface area contributed by atoms with Crippen LogP contribution >= 0.6 is 23.3 Å². The van der Waals surface area contributed by atoms with Gasteiger partial charge in [-0.05, 0) is 24.2 Å². The number of rotatable bonds is 4. The monoisotopic (exact) mass is 232 g/mol. The third-order valence-corrected chi connectivity index (χ3v) is 3.43. The van der Waals surface area contributed by atoms with Crippen molar-refractivity contribution >= 4 is 35.1 Å². The van der Waals surface area contributed by atoms with Gasteiger partial charge in [-0.2, -0.15) is 4.37 Å². The average Bonchev–Trinajstić information content (AvgIpc) is 2.48. The smallest absolute Gasteiger partial charge is 0.343 e. The Morgan fingerprint density at radius 2 is 2.36 bits per heavy atom. The van der Waals surface area contributed by atoms with E-state index in [4.69, 9.17) is 10.5 Å². The summed E-state index contributed by atoms with van der Waals surface area (Å²) in [6.45, 7) is 4.13. The van der Waals surface area contributed by atoms with Crippen LogP contribution in [0.25, 0.3) is 0 Å². The first kappa shape index (κ1) is 11.3. The lowest BCUT2D eigenvalue weighted by atomic mass is 10.3. The highest BCUT2D eigenvalue weighted by atomic mass is 32.2. The quantitative estimate of drug-likeness (QED) is 0.635. The first-order valence-electron chi connectivity index (χ1n) is 4.25. The molecule has 0 radical (unpaired) electrons. The highest BCUT2D eigenvalue weighted by molar-refractivity contribution is 8.01. The van der Waals surface area contributed by atoms with E-state index in [9.17, 15) is 4.79 Å². The Morgan fingerprint density at radius 1 is 1.64 bits per heavy atom. The van der Waals surface area contributed by atoms with E-state index in [1.807, 2.05) is 6.92 Å². The molecule has 0 aliphatic carbocycles. The summed E-state index contributed by atoms with van der Waals surface area (Å²) in [4.78, 5) is 11.5. The number of hydrogen-bond donors (Lipinski definition) is 1. The van der Waals surface area contributed by atoms with E-state index in [1.54, 1.807) is 18.7 Å². The van der Waals surface area contributed by atoms with Gasteiger partial charge in [0.2, 0.25) is 0 Å². The van der Waals surface area contributed by atoms with Crippen LogP contribution < -0.4 is 5.73 Å². The predicted octanol–water partition coefficient (Wildman–Crippen LogP) is 2.01. The molecule has 0 aliphatic heterocycles. The summed E-state index contributed by atoms with van der Waals surface area (Å²) in [6, 6.07) is 0. The first-order valence-corrected chi connectivity index (χ1v) is 6.01. The van der Waals surface area contributed by atoms with E-state index < -0.39 is 0 Å². The van der Waals surface area contributed by atoms with Gasteiger partial charge in [0.1, 0.15) is 5.56 Å². The molecule has 0 saturated carbocycles. The van der Waals surface area contributed by atoms with Gasteiger partial charge >= 0.3 is 5.97 Å². The van der Waals surface area contributed by atoms with Crippen molar-refractivity contribution in [2.75, 3.05) is 18.1 Å². The zero-order chi connectivity index (χ0) is 10.6. The summed E-state index contributed by atoms with van der Waals surface area (Å²) >= 11 is 2.79. The molecule has 0 bridgehead atoms. The average molecular weight is 232 g/mol. The van der Waals surface area contributed by atoms with Crippen LogP contribution in [0.5, 0.6) is 0 Å². The fraction of sp³-hybridized carbons (Fsp3) is 0.500. The Balaban J connectivity index is 2.92. The number of nitrogen functional groups attached to an aromatic ring is 1. The minimum absolute atomic E-state index is 0.268. The molecule has 0 fully saturated rings. The number of esters is 1. The third-order valence-electron chi connectivity index (χ3n) is 1.44. The van der Waals surface area contributed by atoms with Gasteiger partial charge in [-0.25, -0.2) is 4.79 Å². The van der Waals surface area contributed by atoms with E-state index >= 15 is 0 Å². The van der Waals surface area contributed by atoms with Crippen LogP contribution in [0.3, 0.4) is 0 Å². The second-order valence-electron chi connectivity index (χ2n) is 2.38. The van der Waals surface area contributed by atoms with Gasteiger partial charge < -0.3 is 10.5 Å². The van der Waals surface area contributed by atoms with Gasteiger partial charge in [0.15, 0.2) is 5.82 Å². The normalized spacial score (nSPS) is 10.1. The number of carbonyl (C=O) groups is 1. The molecule has 0 aromatic carbocycles. The number of nitrogens with two attached hydrogens (primary N) is 1.